The zero-order valence-electron chi connectivity index (χ0n) is 11.3. The number of piperidine rings is 1. The van der Waals surface area contributed by atoms with Crippen LogP contribution in [-0.2, 0) is 15.0 Å². The van der Waals surface area contributed by atoms with Gasteiger partial charge >= 0.3 is 5.97 Å². The molecule has 0 spiro atoms. The molecule has 1 aliphatic rings. The van der Waals surface area contributed by atoms with Crippen LogP contribution >= 0.6 is 11.8 Å². The highest BCUT2D eigenvalue weighted by Gasteiger charge is 2.37. The van der Waals surface area contributed by atoms with Gasteiger partial charge in [0.15, 0.2) is 0 Å². The molecule has 0 saturated carbocycles. The summed E-state index contributed by atoms with van der Waals surface area (Å²) in [5, 5.41) is 9.11. The molecule has 1 rings (SSSR count). The molecule has 0 amide bonds. The van der Waals surface area contributed by atoms with Crippen molar-refractivity contribution >= 4 is 27.9 Å². The topological polar surface area (TPSA) is 86.7 Å². The van der Waals surface area contributed by atoms with Gasteiger partial charge in [0, 0.05) is 12.6 Å². The molecule has 2 N–H and O–H groups in total. The van der Waals surface area contributed by atoms with E-state index in [0.717, 1.165) is 22.9 Å². The predicted molar refractivity (Wildman–Crippen MR) is 76.5 cm³/mol. The summed E-state index contributed by atoms with van der Waals surface area (Å²) >= 11 is 1.65. The molecule has 0 bridgehead atoms. The number of nitrogens with zero attached hydrogens (tertiary/aromatic N) is 1. The second kappa shape index (κ2) is 7.47. The molecule has 1 fully saturated rings. The van der Waals surface area contributed by atoms with Crippen LogP contribution in [0.25, 0.3) is 0 Å². The number of carbonyl (C=O) groups is 1. The van der Waals surface area contributed by atoms with Crippen molar-refractivity contribution in [3.05, 3.63) is 0 Å². The first-order valence-electron chi connectivity index (χ1n) is 6.39. The van der Waals surface area contributed by atoms with Crippen molar-refractivity contribution in [2.75, 3.05) is 18.6 Å². The maximum absolute atomic E-state index is 12.2. The first-order chi connectivity index (χ1) is 8.88. The SMILES string of the molecule is CSCCC(C)NS(=O)(=O)N1CCCCC1C(=O)O. The molecule has 19 heavy (non-hydrogen) atoms. The number of carboxylic acids is 1. The van der Waals surface area contributed by atoms with E-state index in [2.05, 4.69) is 4.72 Å². The third-order valence-electron chi connectivity index (χ3n) is 3.15. The molecular formula is C11H22N2O4S2. The van der Waals surface area contributed by atoms with Gasteiger partial charge in [-0.15, -0.1) is 0 Å². The highest BCUT2D eigenvalue weighted by molar-refractivity contribution is 7.98. The summed E-state index contributed by atoms with van der Waals surface area (Å²) in [7, 11) is -3.71. The predicted octanol–water partition coefficient (Wildman–Crippen LogP) is 0.901. The van der Waals surface area contributed by atoms with Gasteiger partial charge in [0.25, 0.3) is 10.2 Å². The minimum Gasteiger partial charge on any atom is -0.480 e. The van der Waals surface area contributed by atoms with E-state index in [9.17, 15) is 13.2 Å². The molecule has 2 atom stereocenters. The van der Waals surface area contributed by atoms with Crippen molar-refractivity contribution in [3.8, 4) is 0 Å². The Bertz CT molecular complexity index is 399. The van der Waals surface area contributed by atoms with E-state index in [1.165, 1.54) is 0 Å². The van der Waals surface area contributed by atoms with Crippen molar-refractivity contribution in [2.45, 2.75) is 44.7 Å². The highest BCUT2D eigenvalue weighted by atomic mass is 32.2. The third-order valence-corrected chi connectivity index (χ3v) is 5.55. The van der Waals surface area contributed by atoms with Gasteiger partial charge in [-0.2, -0.15) is 29.2 Å². The lowest BCUT2D eigenvalue weighted by Crippen LogP contribution is -2.53. The number of carboxylic acid groups (broad SMARTS) is 1. The average Bonchev–Trinajstić information content (AvgIpc) is 2.35. The van der Waals surface area contributed by atoms with Crippen LogP contribution in [0.4, 0.5) is 0 Å². The van der Waals surface area contributed by atoms with Crippen LogP contribution in [0.1, 0.15) is 32.6 Å². The minimum atomic E-state index is -3.71. The Balaban J connectivity index is 2.71. The Kier molecular flexibility index (Phi) is 6.58. The standard InChI is InChI=1S/C11H22N2O4S2/c1-9(6-8-18-2)12-19(16,17)13-7-4-3-5-10(13)11(14)15/h9-10,12H,3-8H2,1-2H3,(H,14,15). The lowest BCUT2D eigenvalue weighted by Gasteiger charge is -2.32. The molecule has 0 aromatic heterocycles. The maximum atomic E-state index is 12.2. The molecule has 6 nitrogen and oxygen atoms in total. The monoisotopic (exact) mass is 310 g/mol. The summed E-state index contributed by atoms with van der Waals surface area (Å²) in [5.41, 5.74) is 0. The van der Waals surface area contributed by atoms with E-state index < -0.39 is 22.2 Å². The zero-order valence-corrected chi connectivity index (χ0v) is 13.0. The summed E-state index contributed by atoms with van der Waals surface area (Å²) in [6, 6.07) is -1.12. The number of nitrogens with one attached hydrogen (secondary N) is 1. The molecule has 1 aliphatic heterocycles. The normalized spacial score (nSPS) is 23.2. The molecular weight excluding hydrogens is 288 g/mol. The van der Waals surface area contributed by atoms with E-state index >= 15 is 0 Å². The van der Waals surface area contributed by atoms with Gasteiger partial charge in [-0.3, -0.25) is 4.79 Å². The largest absolute Gasteiger partial charge is 0.480 e. The summed E-state index contributed by atoms with van der Waals surface area (Å²) in [4.78, 5) is 11.1. The summed E-state index contributed by atoms with van der Waals surface area (Å²) in [6.07, 6.45) is 4.54. The first kappa shape index (κ1) is 16.7. The average molecular weight is 310 g/mol. The van der Waals surface area contributed by atoms with Gasteiger partial charge in [-0.1, -0.05) is 0 Å². The van der Waals surface area contributed by atoms with Gasteiger partial charge in [-0.25, -0.2) is 0 Å². The van der Waals surface area contributed by atoms with Crippen LogP contribution in [0.2, 0.25) is 0 Å². The third kappa shape index (κ3) is 4.94. The number of hydrogen-bond acceptors (Lipinski definition) is 4. The van der Waals surface area contributed by atoms with Crippen molar-refractivity contribution in [1.82, 2.24) is 9.03 Å². The van der Waals surface area contributed by atoms with E-state index in [1.54, 1.807) is 18.7 Å². The Morgan fingerprint density at radius 1 is 1.53 bits per heavy atom. The molecule has 0 aromatic rings. The maximum Gasteiger partial charge on any atom is 0.322 e. The number of thioether (sulfide) groups is 1. The molecule has 0 aliphatic carbocycles. The highest BCUT2D eigenvalue weighted by Crippen LogP contribution is 2.20. The Hall–Kier alpha value is -0.310. The number of rotatable bonds is 7. The van der Waals surface area contributed by atoms with Crippen LogP contribution in [0.3, 0.4) is 0 Å². The Morgan fingerprint density at radius 3 is 2.79 bits per heavy atom. The van der Waals surface area contributed by atoms with Crippen molar-refractivity contribution in [3.63, 3.8) is 0 Å². The van der Waals surface area contributed by atoms with Crippen LogP contribution in [0, 0.1) is 0 Å². The minimum absolute atomic E-state index is 0.186. The molecule has 2 unspecified atom stereocenters. The van der Waals surface area contributed by atoms with Crippen molar-refractivity contribution < 1.29 is 18.3 Å². The second-order valence-electron chi connectivity index (χ2n) is 4.77. The molecule has 0 radical (unpaired) electrons. The fourth-order valence-corrected chi connectivity index (χ4v) is 4.37. The summed E-state index contributed by atoms with van der Waals surface area (Å²) < 4.78 is 28.1. The first-order valence-corrected chi connectivity index (χ1v) is 9.22. The lowest BCUT2D eigenvalue weighted by molar-refractivity contribution is -0.142. The van der Waals surface area contributed by atoms with E-state index in [4.69, 9.17) is 5.11 Å². The fraction of sp³-hybridized carbons (Fsp3) is 0.909. The van der Waals surface area contributed by atoms with Crippen molar-refractivity contribution in [2.24, 2.45) is 0 Å². The van der Waals surface area contributed by atoms with Gasteiger partial charge in [0.05, 0.1) is 0 Å². The van der Waals surface area contributed by atoms with Gasteiger partial charge in [0.2, 0.25) is 0 Å². The van der Waals surface area contributed by atoms with Crippen LogP contribution in [0.15, 0.2) is 0 Å². The van der Waals surface area contributed by atoms with Crippen LogP contribution in [-0.4, -0.2) is 54.4 Å². The molecule has 8 heteroatoms. The Labute approximate surface area is 119 Å². The second-order valence-corrected chi connectivity index (χ2v) is 7.41. The fourth-order valence-electron chi connectivity index (χ4n) is 2.11. The molecule has 0 aromatic carbocycles. The lowest BCUT2D eigenvalue weighted by atomic mass is 10.1. The van der Waals surface area contributed by atoms with Crippen LogP contribution in [0.5, 0.6) is 0 Å². The van der Waals surface area contributed by atoms with Crippen molar-refractivity contribution in [1.29, 1.82) is 0 Å². The number of hydrogen-bond donors (Lipinski definition) is 2. The van der Waals surface area contributed by atoms with Gasteiger partial charge in [-0.05, 0) is 44.6 Å². The summed E-state index contributed by atoms with van der Waals surface area (Å²) in [5.74, 6) is -0.201. The molecule has 1 saturated heterocycles. The van der Waals surface area contributed by atoms with E-state index in [0.29, 0.717) is 12.8 Å². The number of aliphatic carboxylic acids is 1. The summed E-state index contributed by atoms with van der Waals surface area (Å²) in [6.45, 7) is 2.08. The smallest absolute Gasteiger partial charge is 0.322 e. The van der Waals surface area contributed by atoms with Gasteiger partial charge in [0.1, 0.15) is 6.04 Å². The molecule has 112 valence electrons. The molecule has 1 heterocycles. The van der Waals surface area contributed by atoms with E-state index in [-0.39, 0.29) is 12.6 Å². The Morgan fingerprint density at radius 2 is 2.21 bits per heavy atom. The quantitative estimate of drug-likeness (QED) is 0.729. The van der Waals surface area contributed by atoms with E-state index in [1.807, 2.05) is 6.26 Å². The zero-order chi connectivity index (χ0) is 14.5. The van der Waals surface area contributed by atoms with Gasteiger partial charge < -0.3 is 5.11 Å². The van der Waals surface area contributed by atoms with Crippen LogP contribution < -0.4 is 4.72 Å².